The van der Waals surface area contributed by atoms with Gasteiger partial charge in [0.1, 0.15) is 5.65 Å². The third-order valence-corrected chi connectivity index (χ3v) is 4.59. The number of benzene rings is 1. The zero-order chi connectivity index (χ0) is 19.2. The zero-order valence-corrected chi connectivity index (χ0v) is 15.6. The summed E-state index contributed by atoms with van der Waals surface area (Å²) in [6.45, 7) is 6.98. The number of imidazole rings is 1. The van der Waals surface area contributed by atoms with Crippen LogP contribution in [0.4, 0.5) is 0 Å². The van der Waals surface area contributed by atoms with Gasteiger partial charge in [-0.1, -0.05) is 44.2 Å². The van der Waals surface area contributed by atoms with E-state index in [4.69, 9.17) is 10.2 Å². The molecule has 0 atom stereocenters. The molecule has 0 aliphatic heterocycles. The molecule has 6 heteroatoms. The van der Waals surface area contributed by atoms with Crippen LogP contribution in [-0.2, 0) is 11.3 Å². The van der Waals surface area contributed by atoms with E-state index in [2.05, 4.69) is 35.3 Å². The zero-order valence-electron chi connectivity index (χ0n) is 15.6. The summed E-state index contributed by atoms with van der Waals surface area (Å²) in [5, 5.41) is 8.64. The number of nitrogens with zero attached hydrogens (tertiary/aromatic N) is 3. The molecule has 2 N–H and O–H groups in total. The van der Waals surface area contributed by atoms with Crippen molar-refractivity contribution in [3.63, 3.8) is 0 Å². The summed E-state index contributed by atoms with van der Waals surface area (Å²) in [5.41, 5.74) is 6.48. The van der Waals surface area contributed by atoms with Crippen molar-refractivity contribution in [3.8, 4) is 11.3 Å². The molecule has 0 bridgehead atoms. The van der Waals surface area contributed by atoms with Crippen LogP contribution in [-0.4, -0.2) is 38.5 Å². The van der Waals surface area contributed by atoms with E-state index in [1.807, 2.05) is 36.5 Å². The Morgan fingerprint density at radius 3 is 2.59 bits per heavy atom. The van der Waals surface area contributed by atoms with Crippen LogP contribution in [0.25, 0.3) is 23.0 Å². The highest BCUT2D eigenvalue weighted by molar-refractivity contribution is 5.90. The number of pyridine rings is 1. The van der Waals surface area contributed by atoms with Gasteiger partial charge in [0.15, 0.2) is 0 Å². The summed E-state index contributed by atoms with van der Waals surface area (Å²) in [4.78, 5) is 18.4. The maximum absolute atomic E-state index is 11.3. The minimum absolute atomic E-state index is 0.561. The van der Waals surface area contributed by atoms with Gasteiger partial charge in [-0.15, -0.1) is 0 Å². The first-order chi connectivity index (χ1) is 13.2. The number of rotatable bonds is 7. The Bertz CT molecular complexity index is 943. The molecule has 2 heterocycles. The summed E-state index contributed by atoms with van der Waals surface area (Å²) in [7, 11) is 0. The number of hydrogen-bond acceptors (Lipinski definition) is 4. The maximum Gasteiger partial charge on any atom is 0.267 e. The average Bonchev–Trinajstić information content (AvgIpc) is 3.08. The van der Waals surface area contributed by atoms with Crippen LogP contribution in [0, 0.1) is 0 Å². The molecule has 27 heavy (non-hydrogen) atoms. The number of hydrogen-bond donors (Lipinski definition) is 2. The van der Waals surface area contributed by atoms with E-state index in [0.717, 1.165) is 47.8 Å². The summed E-state index contributed by atoms with van der Waals surface area (Å²) in [6.07, 6.45) is 4.92. The number of nitrogens with one attached hydrogen (secondary N) is 1. The van der Waals surface area contributed by atoms with Gasteiger partial charge in [0.25, 0.3) is 5.91 Å². The van der Waals surface area contributed by atoms with E-state index < -0.39 is 5.91 Å². The van der Waals surface area contributed by atoms with Gasteiger partial charge in [0.05, 0.1) is 11.4 Å². The van der Waals surface area contributed by atoms with E-state index >= 15 is 0 Å². The van der Waals surface area contributed by atoms with E-state index in [1.54, 1.807) is 11.6 Å². The van der Waals surface area contributed by atoms with Crippen molar-refractivity contribution in [3.05, 3.63) is 66.0 Å². The van der Waals surface area contributed by atoms with Crippen molar-refractivity contribution < 1.29 is 10.0 Å². The molecule has 0 unspecified atom stereocenters. The molecule has 0 fully saturated rings. The average molecular weight is 364 g/mol. The molecule has 0 aliphatic rings. The Labute approximate surface area is 158 Å². The van der Waals surface area contributed by atoms with Gasteiger partial charge in [-0.25, -0.2) is 10.5 Å². The van der Waals surface area contributed by atoms with Crippen LogP contribution >= 0.6 is 0 Å². The smallest absolute Gasteiger partial charge is 0.267 e. The Kier molecular flexibility index (Phi) is 6.01. The van der Waals surface area contributed by atoms with Crippen LogP contribution in [0.3, 0.4) is 0 Å². The van der Waals surface area contributed by atoms with Gasteiger partial charge in [0.2, 0.25) is 0 Å². The molecule has 3 rings (SSSR count). The van der Waals surface area contributed by atoms with Gasteiger partial charge in [0, 0.05) is 24.4 Å². The fraction of sp³-hybridized carbons (Fsp3) is 0.238. The molecule has 140 valence electrons. The SMILES string of the molecule is CCN(CC)Cc1c(-c2ccccc2)nc2ccc(C=CC(=O)NO)cn12. The molecule has 1 aromatic carbocycles. The van der Waals surface area contributed by atoms with Gasteiger partial charge < -0.3 is 4.40 Å². The second-order valence-electron chi connectivity index (χ2n) is 6.23. The molecule has 2 aromatic heterocycles. The fourth-order valence-corrected chi connectivity index (χ4v) is 3.05. The van der Waals surface area contributed by atoms with Crippen molar-refractivity contribution in [2.24, 2.45) is 0 Å². The van der Waals surface area contributed by atoms with E-state index in [1.165, 1.54) is 6.08 Å². The van der Waals surface area contributed by atoms with Crippen molar-refractivity contribution in [2.45, 2.75) is 20.4 Å². The third kappa shape index (κ3) is 4.24. The molecule has 0 saturated heterocycles. The Morgan fingerprint density at radius 1 is 1.19 bits per heavy atom. The highest BCUT2D eigenvalue weighted by Crippen LogP contribution is 2.26. The molecule has 0 spiro atoms. The summed E-state index contributed by atoms with van der Waals surface area (Å²) in [5.74, 6) is -0.561. The number of fused-ring (bicyclic) bond motifs is 1. The van der Waals surface area contributed by atoms with Crippen molar-refractivity contribution in [1.29, 1.82) is 0 Å². The predicted octanol–water partition coefficient (Wildman–Crippen LogP) is 3.36. The van der Waals surface area contributed by atoms with Gasteiger partial charge in [-0.2, -0.15) is 0 Å². The molecule has 6 nitrogen and oxygen atoms in total. The molecule has 3 aromatic rings. The lowest BCUT2D eigenvalue weighted by Crippen LogP contribution is -2.23. The number of aromatic nitrogens is 2. The van der Waals surface area contributed by atoms with E-state index in [9.17, 15) is 4.79 Å². The first kappa shape index (κ1) is 18.8. The van der Waals surface area contributed by atoms with Crippen LogP contribution in [0.5, 0.6) is 0 Å². The lowest BCUT2D eigenvalue weighted by atomic mass is 10.1. The van der Waals surface area contributed by atoms with Crippen LogP contribution in [0.2, 0.25) is 0 Å². The second kappa shape index (κ2) is 8.62. The fourth-order valence-electron chi connectivity index (χ4n) is 3.05. The lowest BCUT2D eigenvalue weighted by Gasteiger charge is -2.18. The highest BCUT2D eigenvalue weighted by atomic mass is 16.5. The Balaban J connectivity index is 2.11. The van der Waals surface area contributed by atoms with Crippen LogP contribution in [0.15, 0.2) is 54.7 Å². The van der Waals surface area contributed by atoms with E-state index in [0.29, 0.717) is 0 Å². The normalized spacial score (nSPS) is 11.6. The minimum Gasteiger partial charge on any atom is -0.301 e. The van der Waals surface area contributed by atoms with Crippen molar-refractivity contribution in [1.82, 2.24) is 19.8 Å². The maximum atomic E-state index is 11.3. The number of hydroxylamine groups is 1. The lowest BCUT2D eigenvalue weighted by molar-refractivity contribution is -0.124. The first-order valence-corrected chi connectivity index (χ1v) is 9.07. The molecule has 1 amide bonds. The van der Waals surface area contributed by atoms with E-state index in [-0.39, 0.29) is 0 Å². The summed E-state index contributed by atoms with van der Waals surface area (Å²) in [6, 6.07) is 14.0. The minimum atomic E-state index is -0.561. The number of amides is 1. The molecule has 0 radical (unpaired) electrons. The molecular formula is C21H24N4O2. The van der Waals surface area contributed by atoms with Crippen LogP contribution in [0.1, 0.15) is 25.1 Å². The summed E-state index contributed by atoms with van der Waals surface area (Å²) >= 11 is 0. The quantitative estimate of drug-likeness (QED) is 0.383. The molecule has 0 aliphatic carbocycles. The predicted molar refractivity (Wildman–Crippen MR) is 106 cm³/mol. The number of carbonyl (C=O) groups excluding carboxylic acids is 1. The van der Waals surface area contributed by atoms with Crippen molar-refractivity contribution >= 4 is 17.6 Å². The highest BCUT2D eigenvalue weighted by Gasteiger charge is 2.16. The van der Waals surface area contributed by atoms with Crippen molar-refractivity contribution in [2.75, 3.05) is 13.1 Å². The van der Waals surface area contributed by atoms with Gasteiger partial charge in [-0.3, -0.25) is 14.9 Å². The molecule has 0 saturated carbocycles. The molecular weight excluding hydrogens is 340 g/mol. The second-order valence-corrected chi connectivity index (χ2v) is 6.23. The van der Waals surface area contributed by atoms with Gasteiger partial charge >= 0.3 is 0 Å². The number of carbonyl (C=O) groups is 1. The Hall–Kier alpha value is -2.96. The topological polar surface area (TPSA) is 69.9 Å². The monoisotopic (exact) mass is 364 g/mol. The third-order valence-electron chi connectivity index (χ3n) is 4.59. The van der Waals surface area contributed by atoms with Gasteiger partial charge in [-0.05, 0) is 36.9 Å². The van der Waals surface area contributed by atoms with Crippen LogP contribution < -0.4 is 5.48 Å². The first-order valence-electron chi connectivity index (χ1n) is 9.07. The Morgan fingerprint density at radius 2 is 1.93 bits per heavy atom. The standard InChI is InChI=1S/C21H24N4O2/c1-3-24(4-2)15-18-21(17-8-6-5-7-9-17)22-19-12-10-16(14-25(18)19)11-13-20(26)23-27/h5-14,27H,3-4,15H2,1-2H3,(H,23,26). The summed E-state index contributed by atoms with van der Waals surface area (Å²) < 4.78 is 2.08. The largest absolute Gasteiger partial charge is 0.301 e.